The van der Waals surface area contributed by atoms with Crippen molar-refractivity contribution in [3.63, 3.8) is 0 Å². The van der Waals surface area contributed by atoms with E-state index in [9.17, 15) is 4.79 Å². The molecule has 0 spiro atoms. The van der Waals surface area contributed by atoms with Crippen LogP contribution in [0.5, 0.6) is 0 Å². The summed E-state index contributed by atoms with van der Waals surface area (Å²) in [5.41, 5.74) is 0. The van der Waals surface area contributed by atoms with Crippen molar-refractivity contribution in [1.82, 2.24) is 5.32 Å². The first-order valence-corrected chi connectivity index (χ1v) is 3.11. The average molecular weight is 139 g/mol. The molecule has 0 bridgehead atoms. The van der Waals surface area contributed by atoms with Gasteiger partial charge >= 0.3 is 0 Å². The van der Waals surface area contributed by atoms with E-state index in [0.717, 1.165) is 6.54 Å². The maximum absolute atomic E-state index is 10.5. The number of hydrogen-bond acceptors (Lipinski definition) is 3. The molecule has 10 heavy (non-hydrogen) atoms. The highest BCUT2D eigenvalue weighted by atomic mass is 16.1. The molecule has 0 aromatic carbocycles. The molecule has 54 valence electrons. The van der Waals surface area contributed by atoms with Crippen LogP contribution in [0.4, 0.5) is 0 Å². The van der Waals surface area contributed by atoms with Gasteiger partial charge in [0.15, 0.2) is 0 Å². The van der Waals surface area contributed by atoms with Crippen molar-refractivity contribution in [3.8, 4) is 0 Å². The van der Waals surface area contributed by atoms with Gasteiger partial charge in [-0.1, -0.05) is 0 Å². The fourth-order valence-corrected chi connectivity index (χ4v) is 0.672. The molecule has 0 aromatic rings. The Labute approximate surface area is 59.1 Å². The van der Waals surface area contributed by atoms with Crippen LogP contribution < -0.4 is 5.32 Å². The fraction of sp³-hybridized carbons (Fsp3) is 0.500. The smallest absolute Gasteiger partial charge is 0.222 e. The number of carbonyl (C=O) groups excluding carboxylic acids is 1. The van der Waals surface area contributed by atoms with Gasteiger partial charge in [0.2, 0.25) is 5.91 Å². The molecule has 1 N–H and O–H groups in total. The van der Waals surface area contributed by atoms with E-state index in [0.29, 0.717) is 12.4 Å². The zero-order valence-corrected chi connectivity index (χ0v) is 5.79. The second-order valence-electron chi connectivity index (χ2n) is 1.98. The molecule has 1 aliphatic rings. The zero-order chi connectivity index (χ0) is 7.40. The van der Waals surface area contributed by atoms with E-state index in [1.807, 2.05) is 0 Å². The van der Waals surface area contributed by atoms with E-state index in [1.165, 1.54) is 6.92 Å². The summed E-state index contributed by atoms with van der Waals surface area (Å²) >= 11 is 0. The lowest BCUT2D eigenvalue weighted by Crippen LogP contribution is -2.31. The molecule has 0 radical (unpaired) electrons. The Morgan fingerprint density at radius 1 is 1.70 bits per heavy atom. The van der Waals surface area contributed by atoms with Crippen LogP contribution in [0.15, 0.2) is 9.98 Å². The quantitative estimate of drug-likeness (QED) is 0.488. The van der Waals surface area contributed by atoms with Crippen LogP contribution in [0, 0.1) is 0 Å². The SMILES string of the molecule is CC(=O)NC1=NCCN=C1. The van der Waals surface area contributed by atoms with E-state index in [1.54, 1.807) is 6.21 Å². The molecule has 0 aromatic heterocycles. The highest BCUT2D eigenvalue weighted by Crippen LogP contribution is 1.82. The van der Waals surface area contributed by atoms with Crippen molar-refractivity contribution in [3.05, 3.63) is 0 Å². The van der Waals surface area contributed by atoms with Crippen molar-refractivity contribution in [2.24, 2.45) is 9.98 Å². The Kier molecular flexibility index (Phi) is 2.15. The minimum Gasteiger partial charge on any atom is -0.310 e. The Hall–Kier alpha value is -1.19. The minimum atomic E-state index is -0.105. The van der Waals surface area contributed by atoms with Crippen LogP contribution >= 0.6 is 0 Å². The third-order valence-corrected chi connectivity index (χ3v) is 1.03. The van der Waals surface area contributed by atoms with E-state index in [2.05, 4.69) is 15.3 Å². The fourth-order valence-electron chi connectivity index (χ4n) is 0.672. The number of amidine groups is 1. The maximum atomic E-state index is 10.5. The lowest BCUT2D eigenvalue weighted by Gasteiger charge is -2.04. The summed E-state index contributed by atoms with van der Waals surface area (Å²) in [5.74, 6) is 0.464. The molecule has 1 rings (SSSR count). The number of aliphatic imine (C=N–C) groups is 2. The second kappa shape index (κ2) is 3.10. The third kappa shape index (κ3) is 1.97. The summed E-state index contributed by atoms with van der Waals surface area (Å²) < 4.78 is 0. The number of amides is 1. The van der Waals surface area contributed by atoms with Crippen LogP contribution in [0.2, 0.25) is 0 Å². The molecular formula is C6H9N3O. The van der Waals surface area contributed by atoms with Gasteiger partial charge in [-0.25, -0.2) is 0 Å². The lowest BCUT2D eigenvalue weighted by molar-refractivity contribution is -0.117. The van der Waals surface area contributed by atoms with Crippen molar-refractivity contribution < 1.29 is 4.79 Å². The normalized spacial score (nSPS) is 16.3. The highest BCUT2D eigenvalue weighted by Gasteiger charge is 1.99. The molecule has 1 amide bonds. The van der Waals surface area contributed by atoms with E-state index in [-0.39, 0.29) is 5.91 Å². The molecular weight excluding hydrogens is 130 g/mol. The molecule has 0 unspecified atom stereocenters. The summed E-state index contributed by atoms with van der Waals surface area (Å²) in [6, 6.07) is 0. The van der Waals surface area contributed by atoms with Crippen molar-refractivity contribution in [2.45, 2.75) is 6.92 Å². The second-order valence-corrected chi connectivity index (χ2v) is 1.98. The van der Waals surface area contributed by atoms with Crippen molar-refractivity contribution in [2.75, 3.05) is 13.1 Å². The molecule has 0 saturated heterocycles. The Morgan fingerprint density at radius 3 is 3.00 bits per heavy atom. The van der Waals surface area contributed by atoms with E-state index < -0.39 is 0 Å². The first kappa shape index (κ1) is 6.92. The molecule has 1 aliphatic heterocycles. The van der Waals surface area contributed by atoms with Crippen LogP contribution in [0.25, 0.3) is 0 Å². The van der Waals surface area contributed by atoms with Crippen LogP contribution in [-0.4, -0.2) is 31.0 Å². The molecule has 0 saturated carbocycles. The van der Waals surface area contributed by atoms with Gasteiger partial charge in [-0.15, -0.1) is 0 Å². The Bertz CT molecular complexity index is 195. The average Bonchev–Trinajstić information content (AvgIpc) is 1.88. The van der Waals surface area contributed by atoms with Gasteiger partial charge in [-0.05, 0) is 0 Å². The summed E-state index contributed by atoms with van der Waals surface area (Å²) in [7, 11) is 0. The zero-order valence-electron chi connectivity index (χ0n) is 5.79. The number of rotatable bonds is 0. The van der Waals surface area contributed by atoms with Gasteiger partial charge < -0.3 is 5.32 Å². The summed E-state index contributed by atoms with van der Waals surface area (Å²) in [5, 5.41) is 2.54. The third-order valence-electron chi connectivity index (χ3n) is 1.03. The van der Waals surface area contributed by atoms with Gasteiger partial charge in [0.1, 0.15) is 5.84 Å². The summed E-state index contributed by atoms with van der Waals surface area (Å²) in [6.07, 6.45) is 1.57. The monoisotopic (exact) mass is 139 g/mol. The molecule has 0 fully saturated rings. The molecule has 0 atom stereocenters. The van der Waals surface area contributed by atoms with E-state index in [4.69, 9.17) is 0 Å². The largest absolute Gasteiger partial charge is 0.310 e. The van der Waals surface area contributed by atoms with Crippen LogP contribution in [0.1, 0.15) is 6.92 Å². The van der Waals surface area contributed by atoms with Gasteiger partial charge in [0.25, 0.3) is 0 Å². The minimum absolute atomic E-state index is 0.105. The van der Waals surface area contributed by atoms with E-state index >= 15 is 0 Å². The standard InChI is InChI=1S/C6H9N3O/c1-5(10)9-6-4-7-2-3-8-6/h4H,2-3H2,1H3,(H,8,9,10). The van der Waals surface area contributed by atoms with Gasteiger partial charge in [-0.3, -0.25) is 14.8 Å². The Balaban J connectivity index is 2.48. The Morgan fingerprint density at radius 2 is 2.50 bits per heavy atom. The molecule has 1 heterocycles. The summed E-state index contributed by atoms with van der Waals surface area (Å²) in [6.45, 7) is 2.85. The van der Waals surface area contributed by atoms with Crippen LogP contribution in [-0.2, 0) is 4.79 Å². The van der Waals surface area contributed by atoms with Crippen molar-refractivity contribution in [1.29, 1.82) is 0 Å². The number of nitrogens with one attached hydrogen (secondary N) is 1. The first-order valence-electron chi connectivity index (χ1n) is 3.11. The molecule has 4 heteroatoms. The van der Waals surface area contributed by atoms with Gasteiger partial charge in [0.05, 0.1) is 19.3 Å². The van der Waals surface area contributed by atoms with Gasteiger partial charge in [-0.2, -0.15) is 0 Å². The lowest BCUT2D eigenvalue weighted by atomic mass is 10.5. The first-order chi connectivity index (χ1) is 4.79. The van der Waals surface area contributed by atoms with Gasteiger partial charge in [0, 0.05) is 6.92 Å². The number of carbonyl (C=O) groups is 1. The predicted octanol–water partition coefficient (Wildman–Crippen LogP) is -0.395. The van der Waals surface area contributed by atoms with Crippen molar-refractivity contribution >= 4 is 18.0 Å². The highest BCUT2D eigenvalue weighted by molar-refractivity contribution is 6.32. The molecule has 0 aliphatic carbocycles. The maximum Gasteiger partial charge on any atom is 0.222 e. The van der Waals surface area contributed by atoms with Crippen LogP contribution in [0.3, 0.4) is 0 Å². The topological polar surface area (TPSA) is 53.8 Å². The number of nitrogens with zero attached hydrogens (tertiary/aromatic N) is 2. The molecule has 4 nitrogen and oxygen atoms in total. The predicted molar refractivity (Wildman–Crippen MR) is 39.5 cm³/mol. The summed E-state index contributed by atoms with van der Waals surface area (Å²) in [4.78, 5) is 18.4. The number of hydrogen-bond donors (Lipinski definition) is 1.